The fourth-order valence-corrected chi connectivity index (χ4v) is 1.74. The van der Waals surface area contributed by atoms with Gasteiger partial charge in [-0.3, -0.25) is 0 Å². The van der Waals surface area contributed by atoms with Gasteiger partial charge in [-0.1, -0.05) is 0 Å². The molecule has 0 saturated heterocycles. The van der Waals surface area contributed by atoms with Gasteiger partial charge in [0, 0.05) is 23.2 Å². The van der Waals surface area contributed by atoms with Crippen LogP contribution in [-0.4, -0.2) is 28.6 Å². The average molecular weight is 243 g/mol. The average Bonchev–Trinajstić information content (AvgIpc) is 2.26. The van der Waals surface area contributed by atoms with Crippen molar-refractivity contribution in [2.45, 2.75) is 6.04 Å². The molecule has 82 valence electrons. The number of benzene rings is 1. The van der Waals surface area contributed by atoms with Gasteiger partial charge in [0.1, 0.15) is 0 Å². The first-order valence-corrected chi connectivity index (χ1v) is 5.75. The first-order chi connectivity index (χ1) is 7.17. The second-order valence-corrected chi connectivity index (χ2v) is 3.82. The zero-order chi connectivity index (χ0) is 11.3. The molecule has 3 nitrogen and oxygen atoms in total. The molecule has 0 radical (unpaired) electrons. The van der Waals surface area contributed by atoms with Gasteiger partial charge in [0.25, 0.3) is 0 Å². The van der Waals surface area contributed by atoms with Crippen LogP contribution >= 0.6 is 25.3 Å². The zero-order valence-electron chi connectivity index (χ0n) is 8.05. The van der Waals surface area contributed by atoms with Gasteiger partial charge in [0.2, 0.25) is 0 Å². The van der Waals surface area contributed by atoms with Gasteiger partial charge in [-0.25, -0.2) is 4.79 Å². The highest BCUT2D eigenvalue weighted by Crippen LogP contribution is 2.11. The topological polar surface area (TPSA) is 49.3 Å². The second kappa shape index (κ2) is 5.92. The summed E-state index contributed by atoms with van der Waals surface area (Å²) in [6, 6.07) is 6.80. The molecule has 0 amide bonds. The molecule has 0 saturated carbocycles. The van der Waals surface area contributed by atoms with Crippen LogP contribution in [0.2, 0.25) is 0 Å². The molecule has 0 fully saturated rings. The van der Waals surface area contributed by atoms with E-state index in [0.29, 0.717) is 11.5 Å². The maximum atomic E-state index is 10.6. The molecule has 0 aliphatic carbocycles. The quantitative estimate of drug-likeness (QED) is 0.599. The molecule has 0 heterocycles. The van der Waals surface area contributed by atoms with Crippen LogP contribution in [0.1, 0.15) is 10.4 Å². The molecule has 0 aliphatic rings. The standard InChI is InChI=1S/C10H13NO2S2/c12-10(13)7-1-3-8(4-2-7)11-9(5-14)6-15/h1-4,9,11,14-15H,5-6H2,(H,12,13). The van der Waals surface area contributed by atoms with Crippen LogP contribution in [0, 0.1) is 0 Å². The summed E-state index contributed by atoms with van der Waals surface area (Å²) in [5, 5.41) is 11.9. The number of rotatable bonds is 5. The molecule has 0 atom stereocenters. The Kier molecular flexibility index (Phi) is 4.84. The molecule has 1 aromatic rings. The van der Waals surface area contributed by atoms with E-state index in [-0.39, 0.29) is 11.6 Å². The zero-order valence-corrected chi connectivity index (χ0v) is 9.84. The normalized spacial score (nSPS) is 10.3. The molecule has 0 spiro atoms. The van der Waals surface area contributed by atoms with Crippen molar-refractivity contribution in [1.82, 2.24) is 0 Å². The number of hydrogen-bond acceptors (Lipinski definition) is 4. The van der Waals surface area contributed by atoms with E-state index < -0.39 is 5.97 Å². The van der Waals surface area contributed by atoms with Gasteiger partial charge < -0.3 is 10.4 Å². The number of thiol groups is 2. The van der Waals surface area contributed by atoms with E-state index in [0.717, 1.165) is 5.69 Å². The van der Waals surface area contributed by atoms with Crippen LogP contribution in [0.5, 0.6) is 0 Å². The fraction of sp³-hybridized carbons (Fsp3) is 0.300. The Morgan fingerprint density at radius 3 is 2.20 bits per heavy atom. The molecular weight excluding hydrogens is 230 g/mol. The summed E-state index contributed by atoms with van der Waals surface area (Å²) in [6.45, 7) is 0. The Morgan fingerprint density at radius 1 is 1.27 bits per heavy atom. The molecular formula is C10H13NO2S2. The van der Waals surface area contributed by atoms with Crippen LogP contribution in [0.4, 0.5) is 5.69 Å². The number of aromatic carboxylic acids is 1. The van der Waals surface area contributed by atoms with Crippen molar-refractivity contribution in [3.05, 3.63) is 29.8 Å². The van der Waals surface area contributed by atoms with Crippen molar-refractivity contribution in [2.75, 3.05) is 16.8 Å². The summed E-state index contributed by atoms with van der Waals surface area (Å²) in [5.41, 5.74) is 1.17. The van der Waals surface area contributed by atoms with Crippen LogP contribution in [0.3, 0.4) is 0 Å². The summed E-state index contributed by atoms with van der Waals surface area (Å²) < 4.78 is 0. The van der Waals surface area contributed by atoms with Gasteiger partial charge >= 0.3 is 5.97 Å². The number of carboxylic acids is 1. The monoisotopic (exact) mass is 243 g/mol. The minimum absolute atomic E-state index is 0.187. The van der Waals surface area contributed by atoms with E-state index >= 15 is 0 Å². The maximum absolute atomic E-state index is 10.6. The predicted molar refractivity (Wildman–Crippen MR) is 68.5 cm³/mol. The lowest BCUT2D eigenvalue weighted by atomic mass is 10.2. The van der Waals surface area contributed by atoms with Crippen molar-refractivity contribution < 1.29 is 9.90 Å². The van der Waals surface area contributed by atoms with Crippen molar-refractivity contribution in [3.63, 3.8) is 0 Å². The van der Waals surface area contributed by atoms with Crippen molar-refractivity contribution in [1.29, 1.82) is 0 Å². The molecule has 0 aromatic heterocycles. The molecule has 0 aliphatic heterocycles. The Bertz CT molecular complexity index is 323. The first kappa shape index (κ1) is 12.3. The number of anilines is 1. The first-order valence-electron chi connectivity index (χ1n) is 4.49. The largest absolute Gasteiger partial charge is 0.478 e. The molecule has 0 bridgehead atoms. The minimum atomic E-state index is -0.915. The van der Waals surface area contributed by atoms with Crippen molar-refractivity contribution in [2.24, 2.45) is 0 Å². The van der Waals surface area contributed by atoms with Crippen molar-refractivity contribution >= 4 is 36.9 Å². The molecule has 15 heavy (non-hydrogen) atoms. The summed E-state index contributed by atoms with van der Waals surface area (Å²) in [4.78, 5) is 10.6. The van der Waals surface area contributed by atoms with E-state index in [1.165, 1.54) is 0 Å². The number of carboxylic acid groups (broad SMARTS) is 1. The molecule has 1 rings (SSSR count). The smallest absolute Gasteiger partial charge is 0.335 e. The lowest BCUT2D eigenvalue weighted by Gasteiger charge is -2.15. The maximum Gasteiger partial charge on any atom is 0.335 e. The molecule has 1 aromatic carbocycles. The Labute approximate surface area is 99.7 Å². The van der Waals surface area contributed by atoms with Gasteiger partial charge in [0.05, 0.1) is 5.56 Å². The lowest BCUT2D eigenvalue weighted by Crippen LogP contribution is -2.23. The van der Waals surface area contributed by atoms with Crippen LogP contribution in [0.25, 0.3) is 0 Å². The molecule has 0 unspecified atom stereocenters. The Hall–Kier alpha value is -0.810. The van der Waals surface area contributed by atoms with Crippen LogP contribution in [-0.2, 0) is 0 Å². The summed E-state index contributed by atoms with van der Waals surface area (Å²) >= 11 is 8.35. The third-order valence-electron chi connectivity index (χ3n) is 1.94. The highest BCUT2D eigenvalue weighted by atomic mass is 32.1. The third kappa shape index (κ3) is 3.68. The van der Waals surface area contributed by atoms with Gasteiger partial charge in [-0.05, 0) is 24.3 Å². The Balaban J connectivity index is 2.67. The summed E-state index contributed by atoms with van der Waals surface area (Å²) in [5.74, 6) is 0.454. The lowest BCUT2D eigenvalue weighted by molar-refractivity contribution is 0.0697. The summed E-state index contributed by atoms with van der Waals surface area (Å²) in [7, 11) is 0. The number of hydrogen-bond donors (Lipinski definition) is 4. The highest BCUT2D eigenvalue weighted by molar-refractivity contribution is 7.81. The molecule has 5 heteroatoms. The van der Waals surface area contributed by atoms with Gasteiger partial charge in [0.15, 0.2) is 0 Å². The number of carbonyl (C=O) groups is 1. The number of nitrogens with one attached hydrogen (secondary N) is 1. The minimum Gasteiger partial charge on any atom is -0.478 e. The Morgan fingerprint density at radius 2 is 1.80 bits per heavy atom. The van der Waals surface area contributed by atoms with Gasteiger partial charge in [-0.2, -0.15) is 25.3 Å². The van der Waals surface area contributed by atoms with E-state index in [1.54, 1.807) is 24.3 Å². The van der Waals surface area contributed by atoms with E-state index in [2.05, 4.69) is 30.6 Å². The SMILES string of the molecule is O=C(O)c1ccc(NC(CS)CS)cc1. The summed E-state index contributed by atoms with van der Waals surface area (Å²) in [6.07, 6.45) is 0. The molecule has 2 N–H and O–H groups in total. The van der Waals surface area contributed by atoms with Crippen LogP contribution < -0.4 is 5.32 Å². The highest BCUT2D eigenvalue weighted by Gasteiger charge is 2.05. The van der Waals surface area contributed by atoms with E-state index in [1.807, 2.05) is 0 Å². The van der Waals surface area contributed by atoms with Crippen molar-refractivity contribution in [3.8, 4) is 0 Å². The van der Waals surface area contributed by atoms with Gasteiger partial charge in [-0.15, -0.1) is 0 Å². The van der Waals surface area contributed by atoms with E-state index in [4.69, 9.17) is 5.11 Å². The van der Waals surface area contributed by atoms with E-state index in [9.17, 15) is 4.79 Å². The second-order valence-electron chi connectivity index (χ2n) is 3.09. The van der Waals surface area contributed by atoms with Crippen LogP contribution in [0.15, 0.2) is 24.3 Å². The third-order valence-corrected chi connectivity index (χ3v) is 2.82. The fourth-order valence-electron chi connectivity index (χ4n) is 1.09. The predicted octanol–water partition coefficient (Wildman–Crippen LogP) is 2.02.